The van der Waals surface area contributed by atoms with Crippen molar-refractivity contribution in [3.05, 3.63) is 65.2 Å². The lowest BCUT2D eigenvalue weighted by atomic mass is 10.1. The van der Waals surface area contributed by atoms with Crippen molar-refractivity contribution in [3.63, 3.8) is 0 Å². The van der Waals surface area contributed by atoms with Crippen molar-refractivity contribution in [1.29, 1.82) is 0 Å². The lowest BCUT2D eigenvalue weighted by Gasteiger charge is -2.11. The third kappa shape index (κ3) is 7.27. The zero-order valence-corrected chi connectivity index (χ0v) is 17.8. The Morgan fingerprint density at radius 2 is 1.69 bits per heavy atom. The molecule has 0 radical (unpaired) electrons. The summed E-state index contributed by atoms with van der Waals surface area (Å²) >= 11 is 0. The maximum atomic E-state index is 12.6. The smallest absolute Gasteiger partial charge is 0.252 e. The van der Waals surface area contributed by atoms with Gasteiger partial charge in [0.05, 0.1) is 36.0 Å². The van der Waals surface area contributed by atoms with Gasteiger partial charge in [0.15, 0.2) is 9.84 Å². The van der Waals surface area contributed by atoms with Crippen LogP contribution in [0.1, 0.15) is 41.8 Å². The standard InChI is InChI=1S/C22H29NO5S/c1-3-14-29(25,26)21-11-6-5-10-20(21)22(24)23-16-18-8-7-9-19(15-18)17-28-13-12-27-4-2/h5-11,15H,3-4,12-14,16-17H2,1-2H3,(H,23,24). The first-order valence-electron chi connectivity index (χ1n) is 9.81. The Labute approximate surface area is 173 Å². The van der Waals surface area contributed by atoms with E-state index in [0.29, 0.717) is 39.4 Å². The average molecular weight is 420 g/mol. The van der Waals surface area contributed by atoms with Crippen LogP contribution in [0.2, 0.25) is 0 Å². The second-order valence-electron chi connectivity index (χ2n) is 6.57. The number of carbonyl (C=O) groups excluding carboxylic acids is 1. The summed E-state index contributed by atoms with van der Waals surface area (Å²) in [5, 5.41) is 2.82. The first kappa shape index (κ1) is 23.1. The molecule has 0 aromatic heterocycles. The van der Waals surface area contributed by atoms with E-state index in [1.807, 2.05) is 31.2 Å². The van der Waals surface area contributed by atoms with Crippen LogP contribution < -0.4 is 5.32 Å². The molecule has 0 aliphatic heterocycles. The van der Waals surface area contributed by atoms with Gasteiger partial charge in [-0.1, -0.05) is 43.3 Å². The Morgan fingerprint density at radius 3 is 2.45 bits per heavy atom. The normalized spacial score (nSPS) is 11.4. The maximum Gasteiger partial charge on any atom is 0.252 e. The van der Waals surface area contributed by atoms with E-state index >= 15 is 0 Å². The highest BCUT2D eigenvalue weighted by Crippen LogP contribution is 2.18. The van der Waals surface area contributed by atoms with Gasteiger partial charge in [0.2, 0.25) is 0 Å². The number of sulfone groups is 1. The highest BCUT2D eigenvalue weighted by molar-refractivity contribution is 7.91. The van der Waals surface area contributed by atoms with Gasteiger partial charge >= 0.3 is 0 Å². The average Bonchev–Trinajstić information content (AvgIpc) is 2.72. The predicted molar refractivity (Wildman–Crippen MR) is 113 cm³/mol. The summed E-state index contributed by atoms with van der Waals surface area (Å²) in [5.74, 6) is -0.388. The number of hydrogen-bond acceptors (Lipinski definition) is 5. The van der Waals surface area contributed by atoms with Crippen LogP contribution in [0.3, 0.4) is 0 Å². The Bertz CT molecular complexity index is 896. The fourth-order valence-corrected chi connectivity index (χ4v) is 4.40. The van der Waals surface area contributed by atoms with Gasteiger partial charge in [-0.05, 0) is 36.6 Å². The van der Waals surface area contributed by atoms with E-state index in [1.165, 1.54) is 6.07 Å². The van der Waals surface area contributed by atoms with Crippen molar-refractivity contribution in [2.24, 2.45) is 0 Å². The molecule has 0 unspecified atom stereocenters. The van der Waals surface area contributed by atoms with Crippen molar-refractivity contribution in [2.45, 2.75) is 38.3 Å². The minimum absolute atomic E-state index is 0.0165. The second-order valence-corrected chi connectivity index (χ2v) is 8.64. The fourth-order valence-electron chi connectivity index (χ4n) is 2.86. The van der Waals surface area contributed by atoms with Crippen molar-refractivity contribution < 1.29 is 22.7 Å². The molecule has 0 atom stereocenters. The van der Waals surface area contributed by atoms with Gasteiger partial charge in [-0.25, -0.2) is 8.42 Å². The quantitative estimate of drug-likeness (QED) is 0.534. The largest absolute Gasteiger partial charge is 0.379 e. The van der Waals surface area contributed by atoms with Crippen LogP contribution in [-0.4, -0.2) is 39.9 Å². The lowest BCUT2D eigenvalue weighted by molar-refractivity contribution is 0.0453. The molecule has 1 amide bonds. The molecule has 0 aliphatic rings. The van der Waals surface area contributed by atoms with Crippen molar-refractivity contribution >= 4 is 15.7 Å². The van der Waals surface area contributed by atoms with Gasteiger partial charge in [-0.2, -0.15) is 0 Å². The van der Waals surface area contributed by atoms with E-state index in [1.54, 1.807) is 25.1 Å². The molecule has 0 fully saturated rings. The van der Waals surface area contributed by atoms with Gasteiger partial charge in [-0.3, -0.25) is 4.79 Å². The zero-order valence-electron chi connectivity index (χ0n) is 17.0. The van der Waals surface area contributed by atoms with Crippen LogP contribution in [0.15, 0.2) is 53.4 Å². The maximum absolute atomic E-state index is 12.6. The number of benzene rings is 2. The van der Waals surface area contributed by atoms with E-state index in [4.69, 9.17) is 9.47 Å². The van der Waals surface area contributed by atoms with Crippen molar-refractivity contribution in [1.82, 2.24) is 5.32 Å². The number of carbonyl (C=O) groups is 1. The molecular weight excluding hydrogens is 390 g/mol. The summed E-state index contributed by atoms with van der Waals surface area (Å²) < 4.78 is 35.7. The SMILES string of the molecule is CCCS(=O)(=O)c1ccccc1C(=O)NCc1cccc(COCCOCC)c1. The van der Waals surface area contributed by atoms with E-state index in [2.05, 4.69) is 5.32 Å². The molecule has 0 bridgehead atoms. The molecule has 0 spiro atoms. The molecule has 0 heterocycles. The molecule has 2 aromatic carbocycles. The van der Waals surface area contributed by atoms with Crippen LogP contribution in [-0.2, 0) is 32.5 Å². The monoisotopic (exact) mass is 419 g/mol. The molecule has 2 aromatic rings. The third-order valence-corrected chi connectivity index (χ3v) is 6.20. The van der Waals surface area contributed by atoms with Crippen LogP contribution >= 0.6 is 0 Å². The molecule has 6 nitrogen and oxygen atoms in total. The first-order chi connectivity index (χ1) is 14.0. The van der Waals surface area contributed by atoms with E-state index < -0.39 is 15.7 Å². The minimum atomic E-state index is -3.48. The van der Waals surface area contributed by atoms with Gasteiger partial charge in [0.1, 0.15) is 0 Å². The molecule has 7 heteroatoms. The van der Waals surface area contributed by atoms with E-state index in [9.17, 15) is 13.2 Å². The topological polar surface area (TPSA) is 81.7 Å². The molecule has 0 aliphatic carbocycles. The molecule has 1 N–H and O–H groups in total. The number of amides is 1. The Kier molecular flexibility index (Phi) is 9.31. The summed E-state index contributed by atoms with van der Waals surface area (Å²) in [5.41, 5.74) is 2.09. The van der Waals surface area contributed by atoms with Crippen molar-refractivity contribution in [2.75, 3.05) is 25.6 Å². The lowest BCUT2D eigenvalue weighted by Crippen LogP contribution is -2.25. The molecule has 0 saturated heterocycles. The summed E-state index contributed by atoms with van der Waals surface area (Å²) in [4.78, 5) is 12.7. The van der Waals surface area contributed by atoms with E-state index in [0.717, 1.165) is 11.1 Å². The molecule has 0 saturated carbocycles. The van der Waals surface area contributed by atoms with E-state index in [-0.39, 0.29) is 16.2 Å². The Morgan fingerprint density at radius 1 is 0.966 bits per heavy atom. The number of ether oxygens (including phenoxy) is 2. The summed E-state index contributed by atoms with van der Waals surface area (Å²) in [7, 11) is -3.48. The van der Waals surface area contributed by atoms with Crippen LogP contribution in [0.4, 0.5) is 0 Å². The number of rotatable bonds is 12. The predicted octanol–water partition coefficient (Wildman–Crippen LogP) is 3.35. The molecular formula is C22H29NO5S. The third-order valence-electron chi connectivity index (χ3n) is 4.23. The van der Waals surface area contributed by atoms with Gasteiger partial charge < -0.3 is 14.8 Å². The Balaban J connectivity index is 1.99. The Hall–Kier alpha value is -2.22. The van der Waals surface area contributed by atoms with Gasteiger partial charge in [0.25, 0.3) is 5.91 Å². The van der Waals surface area contributed by atoms with Crippen LogP contribution in [0.5, 0.6) is 0 Å². The summed E-state index contributed by atoms with van der Waals surface area (Å²) in [6, 6.07) is 14.1. The fraction of sp³-hybridized carbons (Fsp3) is 0.409. The highest BCUT2D eigenvalue weighted by atomic mass is 32.2. The zero-order chi connectivity index (χ0) is 21.1. The van der Waals surface area contributed by atoms with Gasteiger partial charge in [-0.15, -0.1) is 0 Å². The van der Waals surface area contributed by atoms with Gasteiger partial charge in [0, 0.05) is 13.2 Å². The first-order valence-corrected chi connectivity index (χ1v) is 11.5. The molecule has 158 valence electrons. The van der Waals surface area contributed by atoms with Crippen molar-refractivity contribution in [3.8, 4) is 0 Å². The summed E-state index contributed by atoms with van der Waals surface area (Å²) in [6.45, 7) is 6.26. The van der Waals surface area contributed by atoms with Crippen LogP contribution in [0, 0.1) is 0 Å². The minimum Gasteiger partial charge on any atom is -0.379 e. The number of hydrogen-bond donors (Lipinski definition) is 1. The molecule has 29 heavy (non-hydrogen) atoms. The second kappa shape index (κ2) is 11.7. The number of nitrogens with one attached hydrogen (secondary N) is 1. The van der Waals surface area contributed by atoms with Crippen LogP contribution in [0.25, 0.3) is 0 Å². The summed E-state index contributed by atoms with van der Waals surface area (Å²) in [6.07, 6.45) is 0.498. The molecule has 2 rings (SSSR count). The highest BCUT2D eigenvalue weighted by Gasteiger charge is 2.21.